The first kappa shape index (κ1) is 12.0. The molecule has 0 amide bonds. The Labute approximate surface area is 94.6 Å². The molecule has 0 radical (unpaired) electrons. The standard InChI is InChI=1S/C12H13ClFN/c1-4-12(2,3)15-8-9-5-6-10(13)11(14)7-9/h1,5-7,15H,8H2,2-3H3. The van der Waals surface area contributed by atoms with E-state index < -0.39 is 11.4 Å². The number of nitrogens with one attached hydrogen (secondary N) is 1. The topological polar surface area (TPSA) is 12.0 Å². The highest BCUT2D eigenvalue weighted by Gasteiger charge is 2.12. The Bertz CT molecular complexity index is 393. The molecule has 0 saturated carbocycles. The van der Waals surface area contributed by atoms with E-state index >= 15 is 0 Å². The Balaban J connectivity index is 2.67. The molecule has 0 atom stereocenters. The third-order valence-corrected chi connectivity index (χ3v) is 2.39. The lowest BCUT2D eigenvalue weighted by Crippen LogP contribution is -2.36. The molecule has 0 aliphatic rings. The van der Waals surface area contributed by atoms with E-state index in [1.54, 1.807) is 6.07 Å². The Morgan fingerprint density at radius 3 is 2.73 bits per heavy atom. The summed E-state index contributed by atoms with van der Waals surface area (Å²) in [5.41, 5.74) is 0.427. The number of benzene rings is 1. The van der Waals surface area contributed by atoms with E-state index in [9.17, 15) is 4.39 Å². The minimum absolute atomic E-state index is 0.134. The average molecular weight is 226 g/mol. The molecule has 1 aromatic carbocycles. The summed E-state index contributed by atoms with van der Waals surface area (Å²) < 4.78 is 13.1. The minimum atomic E-state index is -0.408. The fraction of sp³-hybridized carbons (Fsp3) is 0.333. The van der Waals surface area contributed by atoms with Gasteiger partial charge in [-0.3, -0.25) is 5.32 Å². The maximum atomic E-state index is 13.1. The van der Waals surface area contributed by atoms with Gasteiger partial charge in [0, 0.05) is 6.54 Å². The van der Waals surface area contributed by atoms with Gasteiger partial charge in [-0.15, -0.1) is 6.42 Å². The van der Waals surface area contributed by atoms with Crippen LogP contribution in [0.15, 0.2) is 18.2 Å². The van der Waals surface area contributed by atoms with Crippen molar-refractivity contribution in [3.05, 3.63) is 34.6 Å². The van der Waals surface area contributed by atoms with Crippen molar-refractivity contribution in [2.45, 2.75) is 25.9 Å². The highest BCUT2D eigenvalue weighted by molar-refractivity contribution is 6.30. The van der Waals surface area contributed by atoms with E-state index in [1.165, 1.54) is 12.1 Å². The number of rotatable bonds is 3. The maximum Gasteiger partial charge on any atom is 0.142 e. The Morgan fingerprint density at radius 2 is 2.20 bits per heavy atom. The third kappa shape index (κ3) is 3.54. The van der Waals surface area contributed by atoms with Crippen LogP contribution in [0.1, 0.15) is 19.4 Å². The Morgan fingerprint density at radius 1 is 1.53 bits per heavy atom. The summed E-state index contributed by atoms with van der Waals surface area (Å²) in [6.07, 6.45) is 5.32. The molecule has 0 aliphatic heterocycles. The first-order valence-corrected chi connectivity index (χ1v) is 4.99. The molecular weight excluding hydrogens is 213 g/mol. The van der Waals surface area contributed by atoms with Crippen molar-refractivity contribution >= 4 is 11.6 Å². The maximum absolute atomic E-state index is 13.1. The van der Waals surface area contributed by atoms with Crippen molar-refractivity contribution in [1.29, 1.82) is 0 Å². The van der Waals surface area contributed by atoms with E-state index in [0.29, 0.717) is 6.54 Å². The second-order valence-electron chi connectivity index (χ2n) is 3.87. The molecule has 15 heavy (non-hydrogen) atoms. The SMILES string of the molecule is C#CC(C)(C)NCc1ccc(Cl)c(F)c1. The molecular formula is C12H13ClFN. The lowest BCUT2D eigenvalue weighted by atomic mass is 10.1. The first-order valence-electron chi connectivity index (χ1n) is 4.61. The smallest absolute Gasteiger partial charge is 0.142 e. The molecule has 0 unspecified atom stereocenters. The summed E-state index contributed by atoms with van der Waals surface area (Å²) in [5, 5.41) is 3.26. The highest BCUT2D eigenvalue weighted by atomic mass is 35.5. The van der Waals surface area contributed by atoms with Crippen LogP contribution in [0.4, 0.5) is 4.39 Å². The van der Waals surface area contributed by atoms with Crippen molar-refractivity contribution < 1.29 is 4.39 Å². The molecule has 1 N–H and O–H groups in total. The van der Waals surface area contributed by atoms with Crippen LogP contribution in [0.25, 0.3) is 0 Å². The van der Waals surface area contributed by atoms with Crippen LogP contribution in [0.5, 0.6) is 0 Å². The highest BCUT2D eigenvalue weighted by Crippen LogP contribution is 2.15. The monoisotopic (exact) mass is 225 g/mol. The van der Waals surface area contributed by atoms with E-state index in [-0.39, 0.29) is 5.02 Å². The molecule has 0 fully saturated rings. The fourth-order valence-corrected chi connectivity index (χ4v) is 1.14. The summed E-state index contributed by atoms with van der Waals surface area (Å²) in [6.45, 7) is 4.30. The molecule has 3 heteroatoms. The molecule has 0 spiro atoms. The normalized spacial score (nSPS) is 11.1. The Hall–Kier alpha value is -1.04. The first-order chi connectivity index (χ1) is 6.94. The van der Waals surface area contributed by atoms with Gasteiger partial charge in [0.15, 0.2) is 0 Å². The van der Waals surface area contributed by atoms with Crippen molar-refractivity contribution in [3.8, 4) is 12.3 Å². The Kier molecular flexibility index (Phi) is 3.73. The largest absolute Gasteiger partial charge is 0.298 e. The molecule has 0 heterocycles. The van der Waals surface area contributed by atoms with Crippen LogP contribution < -0.4 is 5.32 Å². The predicted octanol–water partition coefficient (Wildman–Crippen LogP) is 2.98. The summed E-state index contributed by atoms with van der Waals surface area (Å²) in [4.78, 5) is 0. The molecule has 0 saturated heterocycles. The van der Waals surface area contributed by atoms with Crippen molar-refractivity contribution in [3.63, 3.8) is 0 Å². The summed E-state index contributed by atoms with van der Waals surface area (Å²) in [5.74, 6) is 2.20. The van der Waals surface area contributed by atoms with Gasteiger partial charge in [-0.05, 0) is 31.5 Å². The minimum Gasteiger partial charge on any atom is -0.298 e. The van der Waals surface area contributed by atoms with Gasteiger partial charge in [0.05, 0.1) is 10.6 Å². The quantitative estimate of drug-likeness (QED) is 0.780. The van der Waals surface area contributed by atoms with Crippen molar-refractivity contribution in [1.82, 2.24) is 5.32 Å². The molecule has 1 rings (SSSR count). The second kappa shape index (κ2) is 4.65. The zero-order valence-electron chi connectivity index (χ0n) is 8.77. The van der Waals surface area contributed by atoms with Gasteiger partial charge in [-0.25, -0.2) is 4.39 Å². The summed E-state index contributed by atoms with van der Waals surface area (Å²) >= 11 is 5.57. The lowest BCUT2D eigenvalue weighted by Gasteiger charge is -2.19. The van der Waals surface area contributed by atoms with Gasteiger partial charge in [0.25, 0.3) is 0 Å². The molecule has 0 aromatic heterocycles. The van der Waals surface area contributed by atoms with E-state index in [1.807, 2.05) is 13.8 Å². The van der Waals surface area contributed by atoms with Crippen molar-refractivity contribution in [2.75, 3.05) is 0 Å². The lowest BCUT2D eigenvalue weighted by molar-refractivity contribution is 0.489. The molecule has 80 valence electrons. The summed E-state index contributed by atoms with van der Waals surface area (Å²) in [7, 11) is 0. The van der Waals surface area contributed by atoms with Gasteiger partial charge in [0.2, 0.25) is 0 Å². The van der Waals surface area contributed by atoms with Gasteiger partial charge in [-0.1, -0.05) is 23.6 Å². The van der Waals surface area contributed by atoms with E-state index in [4.69, 9.17) is 18.0 Å². The van der Waals surface area contributed by atoms with Gasteiger partial charge < -0.3 is 0 Å². The summed E-state index contributed by atoms with van der Waals surface area (Å²) in [6, 6.07) is 4.71. The molecule has 1 aromatic rings. The number of halogens is 2. The molecule has 1 nitrogen and oxygen atoms in total. The third-order valence-electron chi connectivity index (χ3n) is 2.08. The number of hydrogen-bond acceptors (Lipinski definition) is 1. The van der Waals surface area contributed by atoms with Gasteiger partial charge >= 0.3 is 0 Å². The molecule has 0 aliphatic carbocycles. The van der Waals surface area contributed by atoms with E-state index in [0.717, 1.165) is 5.56 Å². The predicted molar refractivity (Wildman–Crippen MR) is 61.2 cm³/mol. The van der Waals surface area contributed by atoms with Gasteiger partial charge in [-0.2, -0.15) is 0 Å². The van der Waals surface area contributed by atoms with Crippen LogP contribution in [-0.2, 0) is 6.54 Å². The van der Waals surface area contributed by atoms with Gasteiger partial charge in [0.1, 0.15) is 5.82 Å². The average Bonchev–Trinajstić information content (AvgIpc) is 2.20. The van der Waals surface area contributed by atoms with Crippen LogP contribution in [0.3, 0.4) is 0 Å². The van der Waals surface area contributed by atoms with Crippen LogP contribution in [0, 0.1) is 18.2 Å². The zero-order chi connectivity index (χ0) is 11.5. The van der Waals surface area contributed by atoms with Crippen molar-refractivity contribution in [2.24, 2.45) is 0 Å². The fourth-order valence-electron chi connectivity index (χ4n) is 1.02. The van der Waals surface area contributed by atoms with Crippen LogP contribution in [-0.4, -0.2) is 5.54 Å². The molecule has 0 bridgehead atoms. The van der Waals surface area contributed by atoms with E-state index in [2.05, 4.69) is 11.2 Å². The zero-order valence-corrected chi connectivity index (χ0v) is 9.53. The second-order valence-corrected chi connectivity index (χ2v) is 4.28. The van der Waals surface area contributed by atoms with Crippen LogP contribution >= 0.6 is 11.6 Å². The van der Waals surface area contributed by atoms with Crippen LogP contribution in [0.2, 0.25) is 5.02 Å². The number of terminal acetylenes is 1. The number of hydrogen-bond donors (Lipinski definition) is 1.